The van der Waals surface area contributed by atoms with Crippen LogP contribution in [-0.4, -0.2) is 35.2 Å². The lowest BCUT2D eigenvalue weighted by Crippen LogP contribution is -2.54. The first kappa shape index (κ1) is 12.6. The zero-order chi connectivity index (χ0) is 12.5. The summed E-state index contributed by atoms with van der Waals surface area (Å²) in [6.45, 7) is 5.33. The van der Waals surface area contributed by atoms with E-state index in [0.717, 1.165) is 19.4 Å². The standard InChI is InChI=1S/C15H23NO/c1-12-11-16(3)13(2)9-15(12,17)10-14-7-5-4-6-8-14/h4-8,12-13,17H,9-11H2,1-3H3/t12-,13+,15+/m0/s1. The predicted octanol–water partition coefficient (Wildman–Crippen LogP) is 2.32. The van der Waals surface area contributed by atoms with E-state index in [1.807, 2.05) is 18.2 Å². The monoisotopic (exact) mass is 233 g/mol. The maximum absolute atomic E-state index is 10.9. The van der Waals surface area contributed by atoms with Gasteiger partial charge in [-0.25, -0.2) is 0 Å². The van der Waals surface area contributed by atoms with E-state index in [1.54, 1.807) is 0 Å². The Kier molecular flexibility index (Phi) is 3.55. The highest BCUT2D eigenvalue weighted by molar-refractivity contribution is 5.18. The minimum absolute atomic E-state index is 0.323. The molecule has 0 bridgehead atoms. The molecular weight excluding hydrogens is 210 g/mol. The number of hydrogen-bond acceptors (Lipinski definition) is 2. The second-order valence-electron chi connectivity index (χ2n) is 5.66. The zero-order valence-corrected chi connectivity index (χ0v) is 11.1. The van der Waals surface area contributed by atoms with E-state index in [4.69, 9.17) is 0 Å². The van der Waals surface area contributed by atoms with Gasteiger partial charge in [0.1, 0.15) is 0 Å². The molecule has 1 heterocycles. The maximum atomic E-state index is 10.9. The van der Waals surface area contributed by atoms with E-state index in [0.29, 0.717) is 12.0 Å². The van der Waals surface area contributed by atoms with Gasteiger partial charge in [-0.15, -0.1) is 0 Å². The third-order valence-electron chi connectivity index (χ3n) is 4.23. The van der Waals surface area contributed by atoms with E-state index in [2.05, 4.69) is 37.9 Å². The number of hydrogen-bond donors (Lipinski definition) is 1. The smallest absolute Gasteiger partial charge is 0.0740 e. The van der Waals surface area contributed by atoms with Gasteiger partial charge >= 0.3 is 0 Å². The third kappa shape index (κ3) is 2.70. The summed E-state index contributed by atoms with van der Waals surface area (Å²) in [4.78, 5) is 2.34. The van der Waals surface area contributed by atoms with Gasteiger partial charge < -0.3 is 10.0 Å². The van der Waals surface area contributed by atoms with Crippen LogP contribution in [0.25, 0.3) is 0 Å². The Balaban J connectivity index is 2.13. The second kappa shape index (κ2) is 4.79. The highest BCUT2D eigenvalue weighted by Crippen LogP contribution is 2.33. The average molecular weight is 233 g/mol. The molecular formula is C15H23NO. The molecule has 0 saturated carbocycles. The summed E-state index contributed by atoms with van der Waals surface area (Å²) in [6, 6.07) is 10.8. The summed E-state index contributed by atoms with van der Waals surface area (Å²) in [7, 11) is 2.14. The topological polar surface area (TPSA) is 23.5 Å². The van der Waals surface area contributed by atoms with Gasteiger partial charge in [-0.2, -0.15) is 0 Å². The number of likely N-dealkylation sites (tertiary alicyclic amines) is 1. The zero-order valence-electron chi connectivity index (χ0n) is 11.1. The molecule has 3 atom stereocenters. The fourth-order valence-corrected chi connectivity index (χ4v) is 2.85. The minimum Gasteiger partial charge on any atom is -0.389 e. The number of benzene rings is 1. The quantitative estimate of drug-likeness (QED) is 0.847. The Bertz CT molecular complexity index is 364. The molecule has 1 aromatic rings. The van der Waals surface area contributed by atoms with Crippen LogP contribution in [0, 0.1) is 5.92 Å². The SMILES string of the molecule is C[C@@H]1C[C@@](O)(Cc2ccccc2)[C@@H](C)CN1C. The van der Waals surface area contributed by atoms with Crippen molar-refractivity contribution in [3.8, 4) is 0 Å². The number of rotatable bonds is 2. The molecule has 1 aliphatic rings. The highest BCUT2D eigenvalue weighted by Gasteiger charge is 2.40. The summed E-state index contributed by atoms with van der Waals surface area (Å²) < 4.78 is 0. The van der Waals surface area contributed by atoms with Gasteiger partial charge in [0.2, 0.25) is 0 Å². The van der Waals surface area contributed by atoms with Gasteiger partial charge in [-0.3, -0.25) is 0 Å². The summed E-state index contributed by atoms with van der Waals surface area (Å²) >= 11 is 0. The molecule has 0 radical (unpaired) electrons. The first-order chi connectivity index (χ1) is 8.01. The average Bonchev–Trinajstić information content (AvgIpc) is 2.28. The molecule has 0 aromatic heterocycles. The van der Waals surface area contributed by atoms with Crippen LogP contribution in [0.15, 0.2) is 30.3 Å². The molecule has 2 heteroatoms. The molecule has 1 aromatic carbocycles. The lowest BCUT2D eigenvalue weighted by Gasteiger charge is -2.46. The van der Waals surface area contributed by atoms with E-state index in [9.17, 15) is 5.11 Å². The number of nitrogens with zero attached hydrogens (tertiary/aromatic N) is 1. The van der Waals surface area contributed by atoms with Crippen molar-refractivity contribution in [1.82, 2.24) is 4.90 Å². The maximum Gasteiger partial charge on any atom is 0.0740 e. The summed E-state index contributed by atoms with van der Waals surface area (Å²) in [5, 5.41) is 10.9. The Morgan fingerprint density at radius 1 is 1.29 bits per heavy atom. The third-order valence-corrected chi connectivity index (χ3v) is 4.23. The van der Waals surface area contributed by atoms with Crippen LogP contribution in [0.4, 0.5) is 0 Å². The molecule has 0 amide bonds. The van der Waals surface area contributed by atoms with Crippen LogP contribution in [-0.2, 0) is 6.42 Å². The second-order valence-corrected chi connectivity index (χ2v) is 5.66. The van der Waals surface area contributed by atoms with Crippen LogP contribution in [0.1, 0.15) is 25.8 Å². The van der Waals surface area contributed by atoms with Crippen LogP contribution in [0.5, 0.6) is 0 Å². The molecule has 2 rings (SSSR count). The van der Waals surface area contributed by atoms with Gasteiger partial charge in [0.25, 0.3) is 0 Å². The molecule has 0 aliphatic carbocycles. The van der Waals surface area contributed by atoms with Crippen LogP contribution in [0.3, 0.4) is 0 Å². The first-order valence-corrected chi connectivity index (χ1v) is 6.48. The Labute approximate surface area is 104 Å². The van der Waals surface area contributed by atoms with Gasteiger partial charge in [0, 0.05) is 19.0 Å². The fraction of sp³-hybridized carbons (Fsp3) is 0.600. The lowest BCUT2D eigenvalue weighted by atomic mass is 9.75. The summed E-state index contributed by atoms with van der Waals surface area (Å²) in [5.41, 5.74) is 0.686. The van der Waals surface area contributed by atoms with E-state index >= 15 is 0 Å². The van der Waals surface area contributed by atoms with Gasteiger partial charge in [0.15, 0.2) is 0 Å². The van der Waals surface area contributed by atoms with Crippen LogP contribution < -0.4 is 0 Å². The van der Waals surface area contributed by atoms with Crippen molar-refractivity contribution < 1.29 is 5.11 Å². The van der Waals surface area contributed by atoms with Crippen molar-refractivity contribution in [2.45, 2.75) is 38.3 Å². The van der Waals surface area contributed by atoms with E-state index in [-0.39, 0.29) is 0 Å². The van der Waals surface area contributed by atoms with Crippen LogP contribution in [0.2, 0.25) is 0 Å². The molecule has 94 valence electrons. The molecule has 1 saturated heterocycles. The fourth-order valence-electron chi connectivity index (χ4n) is 2.85. The molecule has 1 aliphatic heterocycles. The van der Waals surface area contributed by atoms with E-state index in [1.165, 1.54) is 5.56 Å². The molecule has 1 fully saturated rings. The largest absolute Gasteiger partial charge is 0.389 e. The van der Waals surface area contributed by atoms with Crippen molar-refractivity contribution in [3.05, 3.63) is 35.9 Å². The summed E-state index contributed by atoms with van der Waals surface area (Å²) in [6.07, 6.45) is 1.63. The van der Waals surface area contributed by atoms with Gasteiger partial charge in [0.05, 0.1) is 5.60 Å². The molecule has 17 heavy (non-hydrogen) atoms. The molecule has 1 N–H and O–H groups in total. The minimum atomic E-state index is -0.548. The highest BCUT2D eigenvalue weighted by atomic mass is 16.3. The lowest BCUT2D eigenvalue weighted by molar-refractivity contribution is -0.0778. The number of piperidine rings is 1. The Morgan fingerprint density at radius 2 is 1.94 bits per heavy atom. The van der Waals surface area contributed by atoms with Gasteiger partial charge in [-0.1, -0.05) is 37.3 Å². The van der Waals surface area contributed by atoms with Crippen molar-refractivity contribution in [2.75, 3.05) is 13.6 Å². The normalized spacial score (nSPS) is 34.8. The van der Waals surface area contributed by atoms with Gasteiger partial charge in [-0.05, 0) is 31.9 Å². The molecule has 0 spiro atoms. The molecule has 0 unspecified atom stereocenters. The number of aliphatic hydroxyl groups is 1. The predicted molar refractivity (Wildman–Crippen MR) is 71.0 cm³/mol. The Hall–Kier alpha value is -0.860. The van der Waals surface area contributed by atoms with Crippen molar-refractivity contribution in [2.24, 2.45) is 5.92 Å². The first-order valence-electron chi connectivity index (χ1n) is 6.48. The van der Waals surface area contributed by atoms with E-state index < -0.39 is 5.60 Å². The summed E-state index contributed by atoms with van der Waals surface area (Å²) in [5.74, 6) is 0.323. The van der Waals surface area contributed by atoms with Crippen molar-refractivity contribution in [3.63, 3.8) is 0 Å². The van der Waals surface area contributed by atoms with Crippen LogP contribution >= 0.6 is 0 Å². The molecule has 2 nitrogen and oxygen atoms in total. The van der Waals surface area contributed by atoms with Crippen molar-refractivity contribution >= 4 is 0 Å². The van der Waals surface area contributed by atoms with Crippen molar-refractivity contribution in [1.29, 1.82) is 0 Å². The Morgan fingerprint density at radius 3 is 2.59 bits per heavy atom.